The minimum atomic E-state index is -4.57. The second-order valence-corrected chi connectivity index (χ2v) is 10.5. The Labute approximate surface area is 245 Å². The van der Waals surface area contributed by atoms with Gasteiger partial charge in [-0.05, 0) is 79.2 Å². The van der Waals surface area contributed by atoms with Gasteiger partial charge in [0.05, 0.1) is 22.2 Å². The smallest absolute Gasteiger partial charge is 0.416 e. The zero-order chi connectivity index (χ0) is 30.0. The van der Waals surface area contributed by atoms with Crippen molar-refractivity contribution in [3.8, 4) is 11.5 Å². The molecule has 0 saturated carbocycles. The molecule has 0 aliphatic carbocycles. The number of rotatable bonds is 7. The van der Waals surface area contributed by atoms with Crippen molar-refractivity contribution < 1.29 is 27.5 Å². The first-order chi connectivity index (χ1) is 20.0. The van der Waals surface area contributed by atoms with Crippen molar-refractivity contribution in [3.63, 3.8) is 0 Å². The van der Waals surface area contributed by atoms with Crippen LogP contribution >= 0.6 is 22.9 Å². The Morgan fingerprint density at radius 1 is 0.976 bits per heavy atom. The number of benzene rings is 3. The first kappa shape index (κ1) is 28.8. The van der Waals surface area contributed by atoms with Crippen molar-refractivity contribution in [2.24, 2.45) is 0 Å². The lowest BCUT2D eigenvalue weighted by molar-refractivity contribution is -0.137. The summed E-state index contributed by atoms with van der Waals surface area (Å²) in [6.07, 6.45) is -3.41. The molecule has 0 aliphatic rings. The topological polar surface area (TPSA) is 102 Å². The summed E-state index contributed by atoms with van der Waals surface area (Å²) >= 11 is 6.91. The van der Waals surface area contributed by atoms with E-state index in [2.05, 4.69) is 15.6 Å². The molecule has 0 spiro atoms. The zero-order valence-electron chi connectivity index (χ0n) is 21.7. The number of fused-ring (bicyclic) bond motifs is 1. The summed E-state index contributed by atoms with van der Waals surface area (Å²) in [6, 6.07) is 17.7. The van der Waals surface area contributed by atoms with Gasteiger partial charge in [-0.2, -0.15) is 13.2 Å². The second-order valence-electron chi connectivity index (χ2n) is 9.08. The van der Waals surface area contributed by atoms with Gasteiger partial charge >= 0.3 is 6.18 Å². The molecule has 214 valence electrons. The van der Waals surface area contributed by atoms with Gasteiger partial charge in [0.25, 0.3) is 11.5 Å². The van der Waals surface area contributed by atoms with Crippen molar-refractivity contribution in [2.45, 2.75) is 19.6 Å². The van der Waals surface area contributed by atoms with Crippen LogP contribution in [-0.2, 0) is 17.5 Å². The van der Waals surface area contributed by atoms with Gasteiger partial charge in [0.2, 0.25) is 5.91 Å². The van der Waals surface area contributed by atoms with Crippen LogP contribution in [0.2, 0.25) is 5.02 Å². The molecule has 5 aromatic rings. The normalized spacial score (nSPS) is 11.4. The number of thiophene rings is 1. The molecular formula is C29H20ClF3N4O4S. The number of hydrogen-bond acceptors (Lipinski definition) is 6. The van der Waals surface area contributed by atoms with Crippen LogP contribution < -0.4 is 20.9 Å². The number of nitrogens with zero attached hydrogens (tertiary/aromatic N) is 2. The highest BCUT2D eigenvalue weighted by Gasteiger charge is 2.30. The van der Waals surface area contributed by atoms with E-state index in [9.17, 15) is 27.6 Å². The van der Waals surface area contributed by atoms with E-state index in [1.165, 1.54) is 12.1 Å². The number of ether oxygens (including phenoxy) is 1. The predicted octanol–water partition coefficient (Wildman–Crippen LogP) is 7.12. The number of halogens is 4. The maximum atomic E-state index is 13.2. The molecular weight excluding hydrogens is 593 g/mol. The summed E-state index contributed by atoms with van der Waals surface area (Å²) in [7, 11) is 0. The van der Waals surface area contributed by atoms with Crippen LogP contribution in [0.15, 0.2) is 83.9 Å². The molecule has 0 aliphatic heterocycles. The molecule has 42 heavy (non-hydrogen) atoms. The van der Waals surface area contributed by atoms with Gasteiger partial charge in [0.1, 0.15) is 22.9 Å². The summed E-state index contributed by atoms with van der Waals surface area (Å²) in [6.45, 7) is 1.12. The molecule has 0 atom stereocenters. The molecule has 5 rings (SSSR count). The third-order valence-corrected chi connectivity index (χ3v) is 7.52. The van der Waals surface area contributed by atoms with E-state index in [-0.39, 0.29) is 16.0 Å². The van der Waals surface area contributed by atoms with Gasteiger partial charge < -0.3 is 15.4 Å². The fourth-order valence-corrected chi connectivity index (χ4v) is 5.21. The van der Waals surface area contributed by atoms with E-state index in [0.29, 0.717) is 32.6 Å². The highest BCUT2D eigenvalue weighted by Crippen LogP contribution is 2.31. The monoisotopic (exact) mass is 612 g/mol. The fourth-order valence-electron chi connectivity index (χ4n) is 4.05. The molecule has 0 bridgehead atoms. The molecule has 2 N–H and O–H groups in total. The molecule has 2 aromatic heterocycles. The van der Waals surface area contributed by atoms with Crippen LogP contribution in [0.1, 0.15) is 20.8 Å². The summed E-state index contributed by atoms with van der Waals surface area (Å²) in [5, 5.41) is 5.91. The van der Waals surface area contributed by atoms with Gasteiger partial charge in [-0.3, -0.25) is 19.0 Å². The van der Waals surface area contributed by atoms with Crippen LogP contribution in [0.5, 0.6) is 11.5 Å². The third-order valence-electron chi connectivity index (χ3n) is 6.07. The number of carbonyl (C=O) groups excluding carboxylic acids is 2. The number of amides is 2. The maximum Gasteiger partial charge on any atom is 0.416 e. The van der Waals surface area contributed by atoms with Crippen molar-refractivity contribution in [2.75, 3.05) is 10.6 Å². The van der Waals surface area contributed by atoms with Crippen molar-refractivity contribution in [1.29, 1.82) is 0 Å². The lowest BCUT2D eigenvalue weighted by atomic mass is 10.2. The lowest BCUT2D eigenvalue weighted by Crippen LogP contribution is -2.28. The number of hydrogen-bond donors (Lipinski definition) is 2. The minimum absolute atomic E-state index is 0.0628. The second kappa shape index (κ2) is 11.7. The van der Waals surface area contributed by atoms with E-state index in [4.69, 9.17) is 16.3 Å². The van der Waals surface area contributed by atoms with Crippen LogP contribution in [0.25, 0.3) is 10.2 Å². The Morgan fingerprint density at radius 2 is 1.64 bits per heavy atom. The number of alkyl halides is 3. The van der Waals surface area contributed by atoms with Gasteiger partial charge in [-0.25, -0.2) is 4.98 Å². The van der Waals surface area contributed by atoms with Crippen LogP contribution in [0.4, 0.5) is 24.5 Å². The number of anilines is 2. The highest BCUT2D eigenvalue weighted by molar-refractivity contribution is 7.20. The average molecular weight is 613 g/mol. The summed E-state index contributed by atoms with van der Waals surface area (Å²) in [5.41, 5.74) is -0.650. The highest BCUT2D eigenvalue weighted by atomic mass is 35.5. The number of aryl methyl sites for hydroxylation is 1. The van der Waals surface area contributed by atoms with Gasteiger partial charge in [0.15, 0.2) is 0 Å². The molecule has 0 saturated heterocycles. The molecule has 0 radical (unpaired) electrons. The van der Waals surface area contributed by atoms with E-state index in [1.54, 1.807) is 55.5 Å². The Morgan fingerprint density at radius 3 is 2.31 bits per heavy atom. The molecule has 2 heterocycles. The first-order valence-electron chi connectivity index (χ1n) is 12.3. The summed E-state index contributed by atoms with van der Waals surface area (Å²) in [4.78, 5) is 43.5. The number of carbonyl (C=O) groups is 2. The Kier molecular flexibility index (Phi) is 8.01. The van der Waals surface area contributed by atoms with Crippen LogP contribution in [0.3, 0.4) is 0 Å². The minimum Gasteiger partial charge on any atom is -0.457 e. The van der Waals surface area contributed by atoms with E-state index >= 15 is 0 Å². The van der Waals surface area contributed by atoms with Crippen molar-refractivity contribution in [1.82, 2.24) is 9.55 Å². The molecule has 0 unspecified atom stereocenters. The van der Waals surface area contributed by atoms with E-state index < -0.39 is 35.7 Å². The quantitative estimate of drug-likeness (QED) is 0.204. The molecule has 0 fully saturated rings. The predicted molar refractivity (Wildman–Crippen MR) is 155 cm³/mol. The van der Waals surface area contributed by atoms with Crippen LogP contribution in [0, 0.1) is 6.92 Å². The fraction of sp³-hybridized carbons (Fsp3) is 0.103. The Bertz CT molecular complexity index is 1850. The lowest BCUT2D eigenvalue weighted by Gasteiger charge is -2.10. The van der Waals surface area contributed by atoms with E-state index in [0.717, 1.165) is 34.4 Å². The van der Waals surface area contributed by atoms with Crippen molar-refractivity contribution in [3.05, 3.63) is 111 Å². The Balaban J connectivity index is 1.28. The number of aromatic nitrogens is 2. The van der Waals surface area contributed by atoms with Gasteiger partial charge in [0, 0.05) is 16.4 Å². The maximum absolute atomic E-state index is 13.2. The first-order valence-corrected chi connectivity index (χ1v) is 13.5. The average Bonchev–Trinajstić information content (AvgIpc) is 3.29. The molecule has 2 amide bonds. The summed E-state index contributed by atoms with van der Waals surface area (Å²) in [5.74, 6) is -0.0133. The molecule has 3 aromatic carbocycles. The number of nitrogens with one attached hydrogen (secondary N) is 2. The SMILES string of the molecule is Cc1c(C(=O)Nc2ccc(Oc3ccc(Cl)cc3)cc2)sc2ncn(CC(=O)Nc3cccc(C(F)(F)F)c3)c(=O)c12. The van der Waals surface area contributed by atoms with Gasteiger partial charge in [-0.15, -0.1) is 11.3 Å². The molecule has 8 nitrogen and oxygen atoms in total. The standard InChI is InChI=1S/C29H20ClF3N4O4S/c1-16-24-27(34-15-37(28(24)40)14-23(38)35-20-4-2-3-17(13-20)29(31,32)33)42-25(16)26(39)36-19-7-11-22(12-8-19)41-21-9-5-18(30)6-10-21/h2-13,15H,14H2,1H3,(H,35,38)(H,36,39). The van der Waals surface area contributed by atoms with E-state index in [1.807, 2.05) is 0 Å². The van der Waals surface area contributed by atoms with Crippen molar-refractivity contribution >= 4 is 56.3 Å². The zero-order valence-corrected chi connectivity index (χ0v) is 23.2. The van der Waals surface area contributed by atoms with Crippen LogP contribution in [-0.4, -0.2) is 21.4 Å². The molecule has 13 heteroatoms. The summed E-state index contributed by atoms with van der Waals surface area (Å²) < 4.78 is 45.7. The Hall–Kier alpha value is -4.68. The van der Waals surface area contributed by atoms with Gasteiger partial charge in [-0.1, -0.05) is 17.7 Å². The third kappa shape index (κ3) is 6.45. The largest absolute Gasteiger partial charge is 0.457 e.